The molecule has 318 valence electrons. The fraction of sp³-hybridized carbons (Fsp3) is 0.233. The van der Waals surface area contributed by atoms with E-state index in [9.17, 15) is 0 Å². The molecular weight excluding hydrogens is 789 g/mol. The van der Waals surface area contributed by atoms with Crippen LogP contribution in [0.5, 0.6) is 11.5 Å². The van der Waals surface area contributed by atoms with Crippen LogP contribution < -0.4 is 26.0 Å². The number of hydrogen-bond donors (Lipinski definition) is 0. The van der Waals surface area contributed by atoms with E-state index in [1.54, 1.807) is 0 Å². The third-order valence-electron chi connectivity index (χ3n) is 15.1. The fourth-order valence-electron chi connectivity index (χ4n) is 11.8. The number of hydrogen-bond acceptors (Lipinski definition) is 2. The maximum absolute atomic E-state index is 7.31. The Labute approximate surface area is 382 Å². The number of para-hydroxylation sites is 3. The average molecular weight is 844 g/mol. The first-order chi connectivity index (χ1) is 31.1. The number of benzene rings is 7. The van der Waals surface area contributed by atoms with Crippen molar-refractivity contribution in [2.75, 3.05) is 4.90 Å². The molecular formula is C60H54BN3O. The van der Waals surface area contributed by atoms with Crippen LogP contribution in [0, 0.1) is 0 Å². The standard InChI is InChI=1S/C60H54BN3O/c1-58(2,3)35-25-27-50-43(29-35)44-30-37(60(7,8)9)32-46-56(44)64(50)52-33-38(34-54-55(52)61(46)45-31-36(59(4,5)6)26-28-53(45)65-54)62-47-21-13-12-19-41(47)42-20-16-24-51(57(42)62)63-48-22-14-10-17-39(48)40-18-11-15-23-49(40)63/h10-34,39,48H,1-9H3. The molecule has 2 aromatic heterocycles. The maximum Gasteiger partial charge on any atom is 0.256 e. The molecule has 0 fully saturated rings. The first-order valence-corrected chi connectivity index (χ1v) is 23.5. The summed E-state index contributed by atoms with van der Waals surface area (Å²) in [4.78, 5) is 2.59. The second-order valence-corrected chi connectivity index (χ2v) is 22.2. The topological polar surface area (TPSA) is 22.3 Å². The highest BCUT2D eigenvalue weighted by Gasteiger charge is 2.43. The fourth-order valence-corrected chi connectivity index (χ4v) is 11.8. The van der Waals surface area contributed by atoms with Gasteiger partial charge >= 0.3 is 0 Å². The van der Waals surface area contributed by atoms with Crippen LogP contribution >= 0.6 is 0 Å². The van der Waals surface area contributed by atoms with E-state index in [1.165, 1.54) is 99.3 Å². The molecule has 13 rings (SSSR count). The molecule has 0 bridgehead atoms. The van der Waals surface area contributed by atoms with Crippen molar-refractivity contribution >= 4 is 78.1 Å². The van der Waals surface area contributed by atoms with Crippen molar-refractivity contribution in [2.45, 2.75) is 90.5 Å². The molecule has 0 N–H and O–H groups in total. The second kappa shape index (κ2) is 13.0. The predicted molar refractivity (Wildman–Crippen MR) is 276 cm³/mol. The van der Waals surface area contributed by atoms with Crippen LogP contribution in [0.1, 0.15) is 90.5 Å². The van der Waals surface area contributed by atoms with Gasteiger partial charge in [0.2, 0.25) is 0 Å². The quantitative estimate of drug-likeness (QED) is 0.162. The molecule has 9 aromatic rings. The van der Waals surface area contributed by atoms with Gasteiger partial charge in [0.05, 0.1) is 34.0 Å². The average Bonchev–Trinajstić information content (AvgIpc) is 3.92. The molecule has 2 atom stereocenters. The Morgan fingerprint density at radius 3 is 1.95 bits per heavy atom. The van der Waals surface area contributed by atoms with Gasteiger partial charge in [-0.1, -0.05) is 159 Å². The molecule has 0 amide bonds. The van der Waals surface area contributed by atoms with E-state index in [1.807, 2.05) is 0 Å². The molecule has 2 unspecified atom stereocenters. The van der Waals surface area contributed by atoms with Gasteiger partial charge in [0.15, 0.2) is 0 Å². The molecule has 1 aliphatic carbocycles. The summed E-state index contributed by atoms with van der Waals surface area (Å²) in [5, 5.41) is 5.10. The molecule has 5 heterocycles. The number of aromatic nitrogens is 2. The number of fused-ring (bicyclic) bond motifs is 13. The zero-order chi connectivity index (χ0) is 44.5. The molecule has 65 heavy (non-hydrogen) atoms. The largest absolute Gasteiger partial charge is 0.458 e. The van der Waals surface area contributed by atoms with Gasteiger partial charge in [0, 0.05) is 50.4 Å². The zero-order valence-corrected chi connectivity index (χ0v) is 38.9. The maximum atomic E-state index is 7.31. The summed E-state index contributed by atoms with van der Waals surface area (Å²) in [6, 6.07) is 49.0. The number of nitrogens with zero attached hydrogens (tertiary/aromatic N) is 3. The van der Waals surface area contributed by atoms with Gasteiger partial charge in [-0.2, -0.15) is 0 Å². The van der Waals surface area contributed by atoms with E-state index in [0.717, 1.165) is 17.2 Å². The van der Waals surface area contributed by atoms with Gasteiger partial charge in [-0.05, 0) is 103 Å². The Morgan fingerprint density at radius 1 is 0.477 bits per heavy atom. The summed E-state index contributed by atoms with van der Waals surface area (Å²) >= 11 is 0. The van der Waals surface area contributed by atoms with Crippen molar-refractivity contribution < 1.29 is 4.74 Å². The number of anilines is 2. The number of allylic oxidation sites excluding steroid dienone is 2. The van der Waals surface area contributed by atoms with E-state index in [2.05, 4.69) is 228 Å². The predicted octanol–water partition coefficient (Wildman–Crippen LogP) is 13.4. The lowest BCUT2D eigenvalue weighted by Gasteiger charge is -2.35. The van der Waals surface area contributed by atoms with E-state index in [-0.39, 0.29) is 34.9 Å². The smallest absolute Gasteiger partial charge is 0.256 e. The lowest BCUT2D eigenvalue weighted by molar-refractivity contribution is 0.486. The Hall–Kier alpha value is -6.72. The Balaban J connectivity index is 1.16. The summed E-state index contributed by atoms with van der Waals surface area (Å²) in [5.74, 6) is 2.14. The number of ether oxygens (including phenoxy) is 1. The molecule has 3 aliphatic heterocycles. The minimum atomic E-state index is -0.0528. The van der Waals surface area contributed by atoms with Crippen molar-refractivity contribution in [1.29, 1.82) is 0 Å². The molecule has 5 heteroatoms. The summed E-state index contributed by atoms with van der Waals surface area (Å²) < 4.78 is 12.4. The van der Waals surface area contributed by atoms with E-state index < -0.39 is 0 Å². The van der Waals surface area contributed by atoms with Gasteiger partial charge < -0.3 is 18.8 Å². The molecule has 0 radical (unpaired) electrons. The van der Waals surface area contributed by atoms with E-state index in [4.69, 9.17) is 4.74 Å². The summed E-state index contributed by atoms with van der Waals surface area (Å²) in [6.07, 6.45) is 9.18. The lowest BCUT2D eigenvalue weighted by atomic mass is 9.34. The van der Waals surface area contributed by atoms with Gasteiger partial charge in [-0.15, -0.1) is 0 Å². The highest BCUT2D eigenvalue weighted by molar-refractivity contribution is 6.99. The molecule has 0 saturated carbocycles. The lowest BCUT2D eigenvalue weighted by Crippen LogP contribution is -2.58. The van der Waals surface area contributed by atoms with Crippen LogP contribution in [0.25, 0.3) is 55.0 Å². The van der Waals surface area contributed by atoms with Crippen LogP contribution in [0.4, 0.5) is 11.4 Å². The minimum Gasteiger partial charge on any atom is -0.458 e. The highest BCUT2D eigenvalue weighted by Crippen LogP contribution is 2.51. The van der Waals surface area contributed by atoms with Gasteiger partial charge in [0.1, 0.15) is 11.5 Å². The van der Waals surface area contributed by atoms with Crippen LogP contribution in [0.15, 0.2) is 152 Å². The van der Waals surface area contributed by atoms with Crippen molar-refractivity contribution in [3.05, 3.63) is 174 Å². The van der Waals surface area contributed by atoms with Crippen molar-refractivity contribution in [2.24, 2.45) is 0 Å². The van der Waals surface area contributed by atoms with Crippen LogP contribution in [0.3, 0.4) is 0 Å². The molecule has 7 aromatic carbocycles. The zero-order valence-electron chi connectivity index (χ0n) is 38.9. The first kappa shape index (κ1) is 38.7. The molecule has 4 aliphatic rings. The van der Waals surface area contributed by atoms with Gasteiger partial charge in [-0.3, -0.25) is 0 Å². The van der Waals surface area contributed by atoms with E-state index in [0.29, 0.717) is 0 Å². The van der Waals surface area contributed by atoms with Crippen molar-refractivity contribution in [1.82, 2.24) is 9.13 Å². The van der Waals surface area contributed by atoms with Crippen LogP contribution in [-0.2, 0) is 16.2 Å². The third kappa shape index (κ3) is 5.39. The normalized spacial score (nSPS) is 17.2. The van der Waals surface area contributed by atoms with Crippen molar-refractivity contribution in [3.8, 4) is 22.9 Å². The van der Waals surface area contributed by atoms with Crippen molar-refractivity contribution in [3.63, 3.8) is 0 Å². The van der Waals surface area contributed by atoms with Gasteiger partial charge in [0.25, 0.3) is 6.71 Å². The molecule has 0 saturated heterocycles. The number of rotatable bonds is 2. The molecule has 0 spiro atoms. The Bertz CT molecular complexity index is 3610. The van der Waals surface area contributed by atoms with E-state index >= 15 is 0 Å². The Kier molecular flexibility index (Phi) is 7.73. The first-order valence-electron chi connectivity index (χ1n) is 23.5. The van der Waals surface area contributed by atoms with Crippen LogP contribution in [0.2, 0.25) is 0 Å². The summed E-state index contributed by atoms with van der Waals surface area (Å²) in [5.41, 5.74) is 18.8. The second-order valence-electron chi connectivity index (χ2n) is 22.2. The SMILES string of the molecule is CC(C)(C)c1ccc2c(c1)B1c3c(cc(-n4c5ccccc5c5cccc(N6c7ccccc7C7C=CC=CC76)c54)cc3-n3c4ccc(C(C)(C)C)cc4c4cc(C(C)(C)C)cc1c43)O2. The monoisotopic (exact) mass is 843 g/mol. The third-order valence-corrected chi connectivity index (χ3v) is 15.1. The highest BCUT2D eigenvalue weighted by atomic mass is 16.5. The minimum absolute atomic E-state index is 0.000908. The van der Waals surface area contributed by atoms with Gasteiger partial charge in [-0.25, -0.2) is 0 Å². The Morgan fingerprint density at radius 2 is 1.14 bits per heavy atom. The van der Waals surface area contributed by atoms with Crippen LogP contribution in [-0.4, -0.2) is 21.9 Å². The molecule has 4 nitrogen and oxygen atoms in total. The summed E-state index contributed by atoms with van der Waals surface area (Å²) in [6.45, 7) is 21.0. The summed E-state index contributed by atoms with van der Waals surface area (Å²) in [7, 11) is 0.